The lowest BCUT2D eigenvalue weighted by Crippen LogP contribution is -2.65. The number of ether oxygens (including phenoxy) is 2. The van der Waals surface area contributed by atoms with Gasteiger partial charge in [0.2, 0.25) is 0 Å². The van der Waals surface area contributed by atoms with Crippen molar-refractivity contribution in [2.45, 2.75) is 37.7 Å². The standard InChI is InChI=1S/C19H23N3O2/c1-2-7-21-17(3-1)12-22-14-19(15-22)11-18(6-10-24-19)23-13-16-4-8-20-9-5-16/h1-5,7-9,18H,6,10-15H2/t18-/m1/s1. The van der Waals surface area contributed by atoms with Crippen molar-refractivity contribution in [3.63, 3.8) is 0 Å². The summed E-state index contributed by atoms with van der Waals surface area (Å²) >= 11 is 0. The molecule has 0 aliphatic carbocycles. The lowest BCUT2D eigenvalue weighted by atomic mass is 9.84. The van der Waals surface area contributed by atoms with E-state index in [-0.39, 0.29) is 11.7 Å². The molecule has 1 spiro atoms. The molecule has 2 aliphatic rings. The maximum absolute atomic E-state index is 6.12. The summed E-state index contributed by atoms with van der Waals surface area (Å²) in [5, 5.41) is 0. The third kappa shape index (κ3) is 3.64. The molecule has 5 nitrogen and oxygen atoms in total. The van der Waals surface area contributed by atoms with Gasteiger partial charge in [0.1, 0.15) is 0 Å². The zero-order chi connectivity index (χ0) is 16.2. The molecular formula is C19H23N3O2. The summed E-state index contributed by atoms with van der Waals surface area (Å²) < 4.78 is 12.2. The quantitative estimate of drug-likeness (QED) is 0.845. The van der Waals surface area contributed by atoms with Crippen LogP contribution in [-0.4, -0.2) is 46.3 Å². The van der Waals surface area contributed by atoms with E-state index in [0.29, 0.717) is 6.61 Å². The summed E-state index contributed by atoms with van der Waals surface area (Å²) in [6.07, 6.45) is 7.72. The fraction of sp³-hybridized carbons (Fsp3) is 0.474. The van der Waals surface area contributed by atoms with Gasteiger partial charge in [0.15, 0.2) is 0 Å². The fourth-order valence-electron chi connectivity index (χ4n) is 3.64. The first-order valence-electron chi connectivity index (χ1n) is 8.58. The molecule has 0 N–H and O–H groups in total. The number of hydrogen-bond acceptors (Lipinski definition) is 5. The van der Waals surface area contributed by atoms with Crippen LogP contribution in [0.5, 0.6) is 0 Å². The molecular weight excluding hydrogens is 302 g/mol. The third-order valence-electron chi connectivity index (χ3n) is 4.82. The Balaban J connectivity index is 1.27. The van der Waals surface area contributed by atoms with Gasteiger partial charge in [-0.15, -0.1) is 0 Å². The monoisotopic (exact) mass is 325 g/mol. The smallest absolute Gasteiger partial charge is 0.0959 e. The highest BCUT2D eigenvalue weighted by molar-refractivity contribution is 5.09. The van der Waals surface area contributed by atoms with Crippen LogP contribution in [0.15, 0.2) is 48.9 Å². The van der Waals surface area contributed by atoms with Gasteiger partial charge in [-0.05, 0) is 36.2 Å². The number of nitrogens with zero attached hydrogens (tertiary/aromatic N) is 3. The Morgan fingerprint density at radius 1 is 1.17 bits per heavy atom. The van der Waals surface area contributed by atoms with E-state index in [1.807, 2.05) is 42.9 Å². The maximum Gasteiger partial charge on any atom is 0.0959 e. The number of hydrogen-bond donors (Lipinski definition) is 0. The Hall–Kier alpha value is -1.82. The van der Waals surface area contributed by atoms with Gasteiger partial charge in [0.25, 0.3) is 0 Å². The van der Waals surface area contributed by atoms with Crippen LogP contribution < -0.4 is 0 Å². The Morgan fingerprint density at radius 2 is 2.04 bits per heavy atom. The van der Waals surface area contributed by atoms with Crippen molar-refractivity contribution < 1.29 is 9.47 Å². The first-order valence-corrected chi connectivity index (χ1v) is 8.58. The third-order valence-corrected chi connectivity index (χ3v) is 4.82. The normalized spacial score (nSPS) is 23.1. The number of rotatable bonds is 5. The van der Waals surface area contributed by atoms with E-state index in [4.69, 9.17) is 9.47 Å². The van der Waals surface area contributed by atoms with Crippen molar-refractivity contribution >= 4 is 0 Å². The number of pyridine rings is 2. The minimum atomic E-state index is -0.0179. The molecule has 5 heteroatoms. The molecule has 1 atom stereocenters. The molecule has 0 aromatic carbocycles. The minimum absolute atomic E-state index is 0.0179. The Morgan fingerprint density at radius 3 is 2.83 bits per heavy atom. The number of aromatic nitrogens is 2. The maximum atomic E-state index is 6.12. The Labute approximate surface area is 142 Å². The molecule has 4 heterocycles. The van der Waals surface area contributed by atoms with Gasteiger partial charge in [-0.3, -0.25) is 14.9 Å². The fourth-order valence-corrected chi connectivity index (χ4v) is 3.64. The van der Waals surface area contributed by atoms with Crippen molar-refractivity contribution in [3.05, 3.63) is 60.2 Å². The second-order valence-electron chi connectivity index (χ2n) is 6.78. The van der Waals surface area contributed by atoms with Crippen molar-refractivity contribution in [3.8, 4) is 0 Å². The molecule has 4 rings (SSSR count). The Kier molecular flexibility index (Phi) is 4.56. The lowest BCUT2D eigenvalue weighted by molar-refractivity contribution is -0.200. The highest BCUT2D eigenvalue weighted by Gasteiger charge is 2.47. The van der Waals surface area contributed by atoms with Gasteiger partial charge in [0.05, 0.1) is 24.0 Å². The summed E-state index contributed by atoms with van der Waals surface area (Å²) in [7, 11) is 0. The van der Waals surface area contributed by atoms with Gasteiger partial charge in [-0.1, -0.05) is 6.07 Å². The molecule has 2 aliphatic heterocycles. The van der Waals surface area contributed by atoms with Crippen LogP contribution in [0.2, 0.25) is 0 Å². The van der Waals surface area contributed by atoms with Crippen LogP contribution in [0.4, 0.5) is 0 Å². The first kappa shape index (κ1) is 15.7. The van der Waals surface area contributed by atoms with Crippen LogP contribution in [0.25, 0.3) is 0 Å². The molecule has 0 radical (unpaired) electrons. The van der Waals surface area contributed by atoms with Crippen LogP contribution in [0.1, 0.15) is 24.1 Å². The SMILES string of the molecule is c1ccc(CN2CC3(C[C@H](OCc4ccncc4)CCO3)C2)nc1. The second-order valence-corrected chi connectivity index (χ2v) is 6.78. The summed E-state index contributed by atoms with van der Waals surface area (Å²) in [5.41, 5.74) is 2.28. The van der Waals surface area contributed by atoms with Gasteiger partial charge in [-0.25, -0.2) is 0 Å². The first-order chi connectivity index (χ1) is 11.8. The van der Waals surface area contributed by atoms with E-state index in [0.717, 1.165) is 44.8 Å². The molecule has 2 saturated heterocycles. The second kappa shape index (κ2) is 6.97. The van der Waals surface area contributed by atoms with E-state index in [1.165, 1.54) is 5.56 Å². The average Bonchev–Trinajstić information content (AvgIpc) is 2.61. The van der Waals surface area contributed by atoms with Crippen LogP contribution in [0.3, 0.4) is 0 Å². The van der Waals surface area contributed by atoms with Crippen LogP contribution in [0, 0.1) is 0 Å². The molecule has 24 heavy (non-hydrogen) atoms. The Bertz CT molecular complexity index is 644. The van der Waals surface area contributed by atoms with Crippen molar-refractivity contribution in [2.75, 3.05) is 19.7 Å². The van der Waals surface area contributed by atoms with Crippen molar-refractivity contribution in [1.82, 2.24) is 14.9 Å². The predicted octanol–water partition coefficient (Wildman–Crippen LogP) is 2.43. The summed E-state index contributed by atoms with van der Waals surface area (Å²) in [5.74, 6) is 0. The van der Waals surface area contributed by atoms with Gasteiger partial charge < -0.3 is 9.47 Å². The van der Waals surface area contributed by atoms with E-state index in [2.05, 4.69) is 20.9 Å². The topological polar surface area (TPSA) is 47.5 Å². The van der Waals surface area contributed by atoms with Crippen LogP contribution >= 0.6 is 0 Å². The van der Waals surface area contributed by atoms with Gasteiger partial charge >= 0.3 is 0 Å². The molecule has 126 valence electrons. The molecule has 2 fully saturated rings. The molecule has 0 saturated carbocycles. The van der Waals surface area contributed by atoms with E-state index in [1.54, 1.807) is 0 Å². The summed E-state index contributed by atoms with van der Waals surface area (Å²) in [6.45, 7) is 4.28. The predicted molar refractivity (Wildman–Crippen MR) is 90.2 cm³/mol. The van der Waals surface area contributed by atoms with Crippen LogP contribution in [-0.2, 0) is 22.6 Å². The zero-order valence-electron chi connectivity index (χ0n) is 13.8. The average molecular weight is 325 g/mol. The highest BCUT2D eigenvalue weighted by atomic mass is 16.5. The molecule has 0 unspecified atom stereocenters. The largest absolute Gasteiger partial charge is 0.373 e. The van der Waals surface area contributed by atoms with E-state index in [9.17, 15) is 0 Å². The molecule has 2 aromatic heterocycles. The van der Waals surface area contributed by atoms with E-state index < -0.39 is 0 Å². The zero-order valence-corrected chi connectivity index (χ0v) is 13.8. The lowest BCUT2D eigenvalue weighted by Gasteiger charge is -2.53. The van der Waals surface area contributed by atoms with Crippen molar-refractivity contribution in [2.24, 2.45) is 0 Å². The van der Waals surface area contributed by atoms with Gasteiger partial charge in [0, 0.05) is 51.3 Å². The number of likely N-dealkylation sites (tertiary alicyclic amines) is 1. The molecule has 2 aromatic rings. The molecule has 0 amide bonds. The molecule has 0 bridgehead atoms. The van der Waals surface area contributed by atoms with Gasteiger partial charge in [-0.2, -0.15) is 0 Å². The van der Waals surface area contributed by atoms with E-state index >= 15 is 0 Å². The minimum Gasteiger partial charge on any atom is -0.373 e. The van der Waals surface area contributed by atoms with Crippen molar-refractivity contribution in [1.29, 1.82) is 0 Å². The highest BCUT2D eigenvalue weighted by Crippen LogP contribution is 2.36. The summed E-state index contributed by atoms with van der Waals surface area (Å²) in [4.78, 5) is 10.8. The summed E-state index contributed by atoms with van der Waals surface area (Å²) in [6, 6.07) is 10.1.